The van der Waals surface area contributed by atoms with Crippen molar-refractivity contribution in [2.24, 2.45) is 5.73 Å². The van der Waals surface area contributed by atoms with Gasteiger partial charge in [-0.25, -0.2) is 9.97 Å². The first kappa shape index (κ1) is 9.33. The van der Waals surface area contributed by atoms with Gasteiger partial charge in [0.2, 0.25) is 5.95 Å². The summed E-state index contributed by atoms with van der Waals surface area (Å²) in [5, 5.41) is 0. The van der Waals surface area contributed by atoms with Gasteiger partial charge in [0.1, 0.15) is 10.7 Å². The molecule has 0 amide bonds. The molecule has 4 nitrogen and oxygen atoms in total. The van der Waals surface area contributed by atoms with Crippen molar-refractivity contribution in [3.63, 3.8) is 0 Å². The summed E-state index contributed by atoms with van der Waals surface area (Å²) >= 11 is 4.87. The van der Waals surface area contributed by atoms with Gasteiger partial charge in [-0.15, -0.1) is 0 Å². The minimum Gasteiger partial charge on any atom is -0.388 e. The molecular formula is C9H12N4S. The highest BCUT2D eigenvalue weighted by Gasteiger charge is 2.15. The van der Waals surface area contributed by atoms with Gasteiger partial charge in [0.05, 0.1) is 0 Å². The maximum absolute atomic E-state index is 5.50. The summed E-state index contributed by atoms with van der Waals surface area (Å²) in [6.45, 7) is 2.06. The van der Waals surface area contributed by atoms with E-state index in [0.717, 1.165) is 19.0 Å². The van der Waals surface area contributed by atoms with Crippen LogP contribution in [0.5, 0.6) is 0 Å². The van der Waals surface area contributed by atoms with Gasteiger partial charge in [-0.05, 0) is 18.9 Å². The van der Waals surface area contributed by atoms with E-state index >= 15 is 0 Å². The molecule has 0 bridgehead atoms. The maximum Gasteiger partial charge on any atom is 0.225 e. The molecule has 1 fully saturated rings. The Morgan fingerprint density at radius 3 is 2.79 bits per heavy atom. The molecule has 0 radical (unpaired) electrons. The van der Waals surface area contributed by atoms with Gasteiger partial charge in [-0.3, -0.25) is 0 Å². The highest BCUT2D eigenvalue weighted by Crippen LogP contribution is 2.14. The summed E-state index contributed by atoms with van der Waals surface area (Å²) in [5.74, 6) is 0.743. The summed E-state index contributed by atoms with van der Waals surface area (Å²) < 4.78 is 0. The summed E-state index contributed by atoms with van der Waals surface area (Å²) in [7, 11) is 0. The molecule has 2 rings (SSSR count). The molecule has 1 aromatic heterocycles. The van der Waals surface area contributed by atoms with E-state index in [2.05, 4.69) is 14.9 Å². The van der Waals surface area contributed by atoms with Crippen molar-refractivity contribution < 1.29 is 0 Å². The molecule has 14 heavy (non-hydrogen) atoms. The third-order valence-corrected chi connectivity index (χ3v) is 2.49. The Hall–Kier alpha value is -1.23. The van der Waals surface area contributed by atoms with Gasteiger partial charge in [-0.2, -0.15) is 0 Å². The molecule has 1 aliphatic rings. The molecule has 0 saturated carbocycles. The average molecular weight is 208 g/mol. The molecular weight excluding hydrogens is 196 g/mol. The predicted molar refractivity (Wildman–Crippen MR) is 59.4 cm³/mol. The Kier molecular flexibility index (Phi) is 2.58. The number of nitrogens with two attached hydrogens (primary N) is 1. The SMILES string of the molecule is NC(=S)c1ccnc(N2CCCC2)n1. The number of nitrogens with zero attached hydrogens (tertiary/aromatic N) is 3. The van der Waals surface area contributed by atoms with Crippen LogP contribution in [0.3, 0.4) is 0 Å². The monoisotopic (exact) mass is 208 g/mol. The third kappa shape index (κ3) is 1.82. The van der Waals surface area contributed by atoms with E-state index in [0.29, 0.717) is 10.7 Å². The molecule has 0 atom stereocenters. The van der Waals surface area contributed by atoms with E-state index in [9.17, 15) is 0 Å². The number of hydrogen-bond acceptors (Lipinski definition) is 4. The number of thiocarbonyl (C=S) groups is 1. The topological polar surface area (TPSA) is 55.0 Å². The van der Waals surface area contributed by atoms with Crippen molar-refractivity contribution in [2.45, 2.75) is 12.8 Å². The number of hydrogen-bond donors (Lipinski definition) is 1. The second-order valence-corrected chi connectivity index (χ2v) is 3.74. The molecule has 0 aromatic carbocycles. The normalized spacial score (nSPS) is 15.9. The van der Waals surface area contributed by atoms with E-state index in [4.69, 9.17) is 18.0 Å². The van der Waals surface area contributed by atoms with E-state index in [1.807, 2.05) is 0 Å². The number of aromatic nitrogens is 2. The second kappa shape index (κ2) is 3.88. The van der Waals surface area contributed by atoms with Crippen LogP contribution in [0.2, 0.25) is 0 Å². The largest absolute Gasteiger partial charge is 0.388 e. The zero-order valence-corrected chi connectivity index (χ0v) is 8.63. The van der Waals surface area contributed by atoms with Crippen LogP contribution >= 0.6 is 12.2 Å². The molecule has 2 N–H and O–H groups in total. The summed E-state index contributed by atoms with van der Waals surface area (Å²) in [6.07, 6.45) is 4.12. The van der Waals surface area contributed by atoms with Gasteiger partial charge < -0.3 is 10.6 Å². The minimum atomic E-state index is 0.327. The summed E-state index contributed by atoms with van der Waals surface area (Å²) in [4.78, 5) is 11.0. The minimum absolute atomic E-state index is 0.327. The van der Waals surface area contributed by atoms with Crippen molar-refractivity contribution in [1.29, 1.82) is 0 Å². The van der Waals surface area contributed by atoms with E-state index in [-0.39, 0.29) is 0 Å². The number of anilines is 1. The fourth-order valence-electron chi connectivity index (χ4n) is 1.56. The molecule has 1 aromatic rings. The van der Waals surface area contributed by atoms with Crippen LogP contribution in [-0.2, 0) is 0 Å². The Morgan fingerprint density at radius 2 is 2.14 bits per heavy atom. The highest BCUT2D eigenvalue weighted by molar-refractivity contribution is 7.80. The number of rotatable bonds is 2. The molecule has 1 saturated heterocycles. The lowest BCUT2D eigenvalue weighted by atomic mass is 10.4. The fourth-order valence-corrected chi connectivity index (χ4v) is 1.67. The zero-order chi connectivity index (χ0) is 9.97. The molecule has 0 spiro atoms. The first-order valence-corrected chi connectivity index (χ1v) is 5.06. The van der Waals surface area contributed by atoms with Crippen LogP contribution in [-0.4, -0.2) is 28.0 Å². The van der Waals surface area contributed by atoms with E-state index in [1.54, 1.807) is 12.3 Å². The van der Waals surface area contributed by atoms with Crippen LogP contribution in [0.15, 0.2) is 12.3 Å². The van der Waals surface area contributed by atoms with Crippen LogP contribution in [0.4, 0.5) is 5.95 Å². The van der Waals surface area contributed by atoms with E-state index in [1.165, 1.54) is 12.8 Å². The molecule has 1 aliphatic heterocycles. The maximum atomic E-state index is 5.50. The molecule has 0 unspecified atom stereocenters. The first-order valence-electron chi connectivity index (χ1n) is 4.65. The van der Waals surface area contributed by atoms with Gasteiger partial charge in [0.15, 0.2) is 0 Å². The lowest BCUT2D eigenvalue weighted by Gasteiger charge is -2.14. The van der Waals surface area contributed by atoms with Gasteiger partial charge in [0, 0.05) is 19.3 Å². The van der Waals surface area contributed by atoms with E-state index < -0.39 is 0 Å². The zero-order valence-electron chi connectivity index (χ0n) is 7.81. The van der Waals surface area contributed by atoms with Crippen LogP contribution in [0.25, 0.3) is 0 Å². The first-order chi connectivity index (χ1) is 6.77. The Balaban J connectivity index is 2.25. The van der Waals surface area contributed by atoms with Crippen LogP contribution in [0.1, 0.15) is 18.5 Å². The second-order valence-electron chi connectivity index (χ2n) is 3.30. The van der Waals surface area contributed by atoms with Crippen molar-refractivity contribution in [1.82, 2.24) is 9.97 Å². The highest BCUT2D eigenvalue weighted by atomic mass is 32.1. The summed E-state index contributed by atoms with van der Waals surface area (Å²) in [5.41, 5.74) is 6.15. The lowest BCUT2D eigenvalue weighted by molar-refractivity contribution is 0.896. The van der Waals surface area contributed by atoms with Crippen LogP contribution in [0, 0.1) is 0 Å². The lowest BCUT2D eigenvalue weighted by Crippen LogP contribution is -2.22. The van der Waals surface area contributed by atoms with Crippen molar-refractivity contribution >= 4 is 23.2 Å². The average Bonchev–Trinajstić information content (AvgIpc) is 2.71. The van der Waals surface area contributed by atoms with Gasteiger partial charge in [0.25, 0.3) is 0 Å². The Bertz CT molecular complexity index is 346. The van der Waals surface area contributed by atoms with Crippen molar-refractivity contribution in [2.75, 3.05) is 18.0 Å². The Labute approximate surface area is 88.1 Å². The van der Waals surface area contributed by atoms with Gasteiger partial charge >= 0.3 is 0 Å². The van der Waals surface area contributed by atoms with Crippen molar-refractivity contribution in [3.05, 3.63) is 18.0 Å². The predicted octanol–water partition coefficient (Wildman–Crippen LogP) is 0.711. The van der Waals surface area contributed by atoms with Crippen molar-refractivity contribution in [3.8, 4) is 0 Å². The smallest absolute Gasteiger partial charge is 0.225 e. The quantitative estimate of drug-likeness (QED) is 0.725. The standard InChI is InChI=1S/C9H12N4S/c10-8(14)7-3-4-11-9(12-7)13-5-1-2-6-13/h3-4H,1-2,5-6H2,(H2,10,14). The van der Waals surface area contributed by atoms with Crippen LogP contribution < -0.4 is 10.6 Å². The Morgan fingerprint density at radius 1 is 1.43 bits per heavy atom. The molecule has 2 heterocycles. The molecule has 0 aliphatic carbocycles. The molecule has 5 heteroatoms. The van der Waals surface area contributed by atoms with Gasteiger partial charge in [-0.1, -0.05) is 12.2 Å². The molecule has 74 valence electrons. The summed E-state index contributed by atoms with van der Waals surface area (Å²) in [6, 6.07) is 1.74. The third-order valence-electron chi connectivity index (χ3n) is 2.28. The fraction of sp³-hybridized carbons (Fsp3) is 0.444.